The van der Waals surface area contributed by atoms with E-state index in [4.69, 9.17) is 14.0 Å². The van der Waals surface area contributed by atoms with E-state index in [2.05, 4.69) is 15.5 Å². The Balaban J connectivity index is 1.28. The summed E-state index contributed by atoms with van der Waals surface area (Å²) in [7, 11) is 1.42. The smallest absolute Gasteiger partial charge is 0.328 e. The molecule has 1 saturated carbocycles. The van der Waals surface area contributed by atoms with Gasteiger partial charge in [0.1, 0.15) is 5.75 Å². The molecule has 0 saturated heterocycles. The van der Waals surface area contributed by atoms with Gasteiger partial charge in [0, 0.05) is 12.0 Å². The Morgan fingerprint density at radius 3 is 2.44 bits per heavy atom. The Bertz CT molecular complexity index is 1040. The van der Waals surface area contributed by atoms with E-state index in [9.17, 15) is 9.59 Å². The Kier molecular flexibility index (Phi) is 6.79. The predicted octanol–water partition coefficient (Wildman–Crippen LogP) is 4.02. The third kappa shape index (κ3) is 5.51. The number of nitrogens with zero attached hydrogens (tertiary/aromatic N) is 2. The minimum Gasteiger partial charge on any atom is -0.490 e. The van der Waals surface area contributed by atoms with Crippen molar-refractivity contribution in [3.63, 3.8) is 0 Å². The molecular weight excluding hydrogens is 410 g/mol. The van der Waals surface area contributed by atoms with Gasteiger partial charge >= 0.3 is 12.0 Å². The first kappa shape index (κ1) is 21.5. The molecule has 1 heterocycles. The lowest BCUT2D eigenvalue weighted by Gasteiger charge is -2.27. The van der Waals surface area contributed by atoms with Crippen LogP contribution in [0.1, 0.15) is 47.4 Å². The van der Waals surface area contributed by atoms with Gasteiger partial charge in [-0.1, -0.05) is 35.5 Å². The van der Waals surface area contributed by atoms with E-state index in [0.717, 1.165) is 31.2 Å². The minimum atomic E-state index is -0.343. The van der Waals surface area contributed by atoms with Crippen LogP contribution in [0.15, 0.2) is 59.1 Å². The molecule has 0 aliphatic heterocycles. The number of methoxy groups -OCH3 is 1. The van der Waals surface area contributed by atoms with Crippen LogP contribution in [-0.2, 0) is 16.0 Å². The minimum absolute atomic E-state index is 0.0381. The van der Waals surface area contributed by atoms with Crippen LogP contribution < -0.4 is 10.1 Å². The highest BCUT2D eigenvalue weighted by atomic mass is 16.5. The second kappa shape index (κ2) is 10.1. The molecule has 4 rings (SSSR count). The quantitative estimate of drug-likeness (QED) is 0.559. The lowest BCUT2D eigenvalue weighted by atomic mass is 9.87. The van der Waals surface area contributed by atoms with E-state index >= 15 is 0 Å². The highest BCUT2D eigenvalue weighted by molar-refractivity contribution is 6.03. The van der Waals surface area contributed by atoms with Crippen molar-refractivity contribution in [3.05, 3.63) is 71.5 Å². The molecule has 1 fully saturated rings. The molecule has 1 N–H and O–H groups in total. The molecule has 0 spiro atoms. The van der Waals surface area contributed by atoms with Gasteiger partial charge < -0.3 is 14.0 Å². The van der Waals surface area contributed by atoms with Crippen molar-refractivity contribution in [2.24, 2.45) is 5.92 Å². The van der Waals surface area contributed by atoms with Gasteiger partial charge in [-0.05, 0) is 55.5 Å². The van der Waals surface area contributed by atoms with Crippen LogP contribution in [0.3, 0.4) is 0 Å². The van der Waals surface area contributed by atoms with E-state index in [1.54, 1.807) is 24.3 Å². The molecule has 0 atom stereocenters. The molecular formula is C24H25N3O5. The van der Waals surface area contributed by atoms with Crippen LogP contribution >= 0.6 is 0 Å². The highest BCUT2D eigenvalue weighted by Crippen LogP contribution is 2.28. The maximum Gasteiger partial charge on any atom is 0.328 e. The van der Waals surface area contributed by atoms with Crippen molar-refractivity contribution in [2.45, 2.75) is 38.2 Å². The number of rotatable bonds is 7. The fraction of sp³-hybridized carbons (Fsp3) is 0.333. The van der Waals surface area contributed by atoms with Crippen LogP contribution in [0.5, 0.6) is 5.75 Å². The molecule has 3 aromatic rings. The summed E-state index contributed by atoms with van der Waals surface area (Å²) in [6.45, 7) is 0. The number of esters is 1. The summed E-state index contributed by atoms with van der Waals surface area (Å²) >= 11 is 0. The summed E-state index contributed by atoms with van der Waals surface area (Å²) in [6.07, 6.45) is 3.68. The van der Waals surface area contributed by atoms with Crippen LogP contribution in [0.2, 0.25) is 0 Å². The number of carbonyl (C=O) groups is 2. The van der Waals surface area contributed by atoms with Crippen molar-refractivity contribution in [1.29, 1.82) is 0 Å². The van der Waals surface area contributed by atoms with E-state index < -0.39 is 0 Å². The summed E-state index contributed by atoms with van der Waals surface area (Å²) in [5.74, 6) is 0.657. The molecule has 1 aliphatic carbocycles. The lowest BCUT2D eigenvalue weighted by molar-refractivity contribution is -0.147. The maximum atomic E-state index is 12.5. The summed E-state index contributed by atoms with van der Waals surface area (Å²) in [4.78, 5) is 28.3. The molecule has 2 aromatic carbocycles. The fourth-order valence-electron chi connectivity index (χ4n) is 3.78. The number of anilines is 1. The zero-order chi connectivity index (χ0) is 22.3. The first-order valence-electron chi connectivity index (χ1n) is 10.6. The Hall–Kier alpha value is -3.68. The predicted molar refractivity (Wildman–Crippen MR) is 116 cm³/mol. The highest BCUT2D eigenvalue weighted by Gasteiger charge is 2.27. The molecule has 32 heavy (non-hydrogen) atoms. The van der Waals surface area contributed by atoms with Gasteiger partial charge in [-0.15, -0.1) is 0 Å². The zero-order valence-corrected chi connectivity index (χ0v) is 17.8. The summed E-state index contributed by atoms with van der Waals surface area (Å²) in [5, 5.41) is 6.53. The maximum absolute atomic E-state index is 12.5. The van der Waals surface area contributed by atoms with E-state index in [-0.39, 0.29) is 29.9 Å². The van der Waals surface area contributed by atoms with Crippen LogP contribution in [-0.4, -0.2) is 35.2 Å². The first-order valence-corrected chi connectivity index (χ1v) is 10.6. The van der Waals surface area contributed by atoms with Crippen LogP contribution in [0.25, 0.3) is 0 Å². The van der Waals surface area contributed by atoms with E-state index in [0.29, 0.717) is 23.6 Å². The number of hydrogen-bond acceptors (Lipinski definition) is 7. The molecule has 0 radical (unpaired) electrons. The molecule has 1 aliphatic rings. The number of ether oxygens (including phenoxy) is 2. The molecule has 0 unspecified atom stereocenters. The zero-order valence-electron chi connectivity index (χ0n) is 17.8. The SMILES string of the molecule is COC(=O)C1CCC(Oc2ccc(C(=O)Nc3nc(Cc4ccccc4)no3)cc2)CC1. The molecule has 1 aromatic heterocycles. The second-order valence-electron chi connectivity index (χ2n) is 7.77. The van der Waals surface area contributed by atoms with Crippen LogP contribution in [0.4, 0.5) is 6.01 Å². The Morgan fingerprint density at radius 1 is 1.03 bits per heavy atom. The largest absolute Gasteiger partial charge is 0.490 e. The van der Waals surface area contributed by atoms with Gasteiger partial charge in [0.15, 0.2) is 5.82 Å². The van der Waals surface area contributed by atoms with Gasteiger partial charge in [0.05, 0.1) is 19.1 Å². The number of benzene rings is 2. The van der Waals surface area contributed by atoms with Gasteiger partial charge in [-0.2, -0.15) is 4.98 Å². The summed E-state index contributed by atoms with van der Waals surface area (Å²) in [6, 6.07) is 16.7. The van der Waals surface area contributed by atoms with Gasteiger partial charge in [-0.3, -0.25) is 14.9 Å². The van der Waals surface area contributed by atoms with E-state index in [1.165, 1.54) is 7.11 Å². The number of hydrogen-bond donors (Lipinski definition) is 1. The van der Waals surface area contributed by atoms with Crippen molar-refractivity contribution >= 4 is 17.9 Å². The van der Waals surface area contributed by atoms with E-state index in [1.807, 2.05) is 30.3 Å². The summed E-state index contributed by atoms with van der Waals surface area (Å²) in [5.41, 5.74) is 1.51. The lowest BCUT2D eigenvalue weighted by Crippen LogP contribution is -2.28. The summed E-state index contributed by atoms with van der Waals surface area (Å²) < 4.78 is 16.0. The standard InChI is InChI=1S/C24H25N3O5/c1-30-23(29)18-9-13-20(14-10-18)31-19-11-7-17(8-12-19)22(28)26-24-25-21(27-32-24)15-16-5-3-2-4-6-16/h2-8,11-12,18,20H,9-10,13-15H2,1H3,(H,25,26,27,28). The Morgan fingerprint density at radius 2 is 1.75 bits per heavy atom. The van der Waals surface area contributed by atoms with Crippen molar-refractivity contribution in [2.75, 3.05) is 12.4 Å². The first-order chi connectivity index (χ1) is 15.6. The normalized spacial score (nSPS) is 18.0. The molecule has 8 heteroatoms. The molecule has 8 nitrogen and oxygen atoms in total. The van der Waals surface area contributed by atoms with Gasteiger partial charge in [0.2, 0.25) is 0 Å². The third-order valence-corrected chi connectivity index (χ3v) is 5.52. The molecule has 1 amide bonds. The monoisotopic (exact) mass is 435 g/mol. The van der Waals surface area contributed by atoms with Crippen molar-refractivity contribution < 1.29 is 23.6 Å². The topological polar surface area (TPSA) is 104 Å². The average Bonchev–Trinajstić information content (AvgIpc) is 3.26. The van der Waals surface area contributed by atoms with Crippen LogP contribution in [0, 0.1) is 5.92 Å². The second-order valence-corrected chi connectivity index (χ2v) is 7.77. The van der Waals surface area contributed by atoms with Gasteiger partial charge in [0.25, 0.3) is 5.91 Å². The number of nitrogens with one attached hydrogen (secondary N) is 1. The molecule has 0 bridgehead atoms. The average molecular weight is 435 g/mol. The third-order valence-electron chi connectivity index (χ3n) is 5.52. The van der Waals surface area contributed by atoms with Gasteiger partial charge in [-0.25, -0.2) is 0 Å². The van der Waals surface area contributed by atoms with Crippen molar-refractivity contribution in [1.82, 2.24) is 10.1 Å². The fourth-order valence-corrected chi connectivity index (χ4v) is 3.78. The number of carbonyl (C=O) groups excluding carboxylic acids is 2. The van der Waals surface area contributed by atoms with Crippen molar-refractivity contribution in [3.8, 4) is 5.75 Å². The number of amides is 1. The number of aromatic nitrogens is 2. The Labute approximate surface area is 185 Å². The molecule has 166 valence electrons.